The molecular formula is C23H28FN3O. The number of nitrogens with one attached hydrogen (secondary N) is 1. The van der Waals surface area contributed by atoms with Crippen LogP contribution in [0.1, 0.15) is 24.8 Å². The van der Waals surface area contributed by atoms with E-state index in [0.717, 1.165) is 51.1 Å². The van der Waals surface area contributed by atoms with Crippen molar-refractivity contribution in [2.45, 2.75) is 31.3 Å². The molecule has 2 fully saturated rings. The SMILES string of the molecule is CN1CCN(Cc2ccc(-c3ccccc3F)cc2)C[C@]12CCNC(=O)CC2. The highest BCUT2D eigenvalue weighted by Crippen LogP contribution is 2.31. The Labute approximate surface area is 166 Å². The molecule has 0 bridgehead atoms. The molecule has 28 heavy (non-hydrogen) atoms. The van der Waals surface area contributed by atoms with E-state index in [0.29, 0.717) is 12.0 Å². The minimum atomic E-state index is -0.187. The van der Waals surface area contributed by atoms with Crippen LogP contribution in [0.25, 0.3) is 11.1 Å². The van der Waals surface area contributed by atoms with Gasteiger partial charge in [-0.1, -0.05) is 42.5 Å². The number of amides is 1. The summed E-state index contributed by atoms with van der Waals surface area (Å²) >= 11 is 0. The van der Waals surface area contributed by atoms with Crippen molar-refractivity contribution in [3.8, 4) is 11.1 Å². The second kappa shape index (κ2) is 8.02. The van der Waals surface area contributed by atoms with Crippen molar-refractivity contribution >= 4 is 5.91 Å². The van der Waals surface area contributed by atoms with Gasteiger partial charge < -0.3 is 5.32 Å². The molecule has 4 nitrogen and oxygen atoms in total. The second-order valence-corrected chi connectivity index (χ2v) is 8.13. The molecule has 1 N–H and O–H groups in total. The molecule has 2 aromatic rings. The number of hydrogen-bond donors (Lipinski definition) is 1. The van der Waals surface area contributed by atoms with E-state index in [1.807, 2.05) is 24.3 Å². The van der Waals surface area contributed by atoms with Gasteiger partial charge in [0, 0.05) is 50.2 Å². The van der Waals surface area contributed by atoms with Gasteiger partial charge in [0.2, 0.25) is 5.91 Å². The van der Waals surface area contributed by atoms with Gasteiger partial charge in [-0.3, -0.25) is 14.6 Å². The molecule has 148 valence electrons. The van der Waals surface area contributed by atoms with E-state index in [1.54, 1.807) is 6.07 Å². The van der Waals surface area contributed by atoms with Crippen LogP contribution in [0.15, 0.2) is 48.5 Å². The van der Waals surface area contributed by atoms with E-state index in [2.05, 4.69) is 34.3 Å². The summed E-state index contributed by atoms with van der Waals surface area (Å²) in [6.45, 7) is 4.66. The molecule has 0 aliphatic carbocycles. The van der Waals surface area contributed by atoms with E-state index < -0.39 is 0 Å². The molecule has 0 saturated carbocycles. The van der Waals surface area contributed by atoms with Gasteiger partial charge in [0.1, 0.15) is 5.82 Å². The molecule has 4 rings (SSSR count). The highest BCUT2D eigenvalue weighted by molar-refractivity contribution is 5.76. The van der Waals surface area contributed by atoms with E-state index in [1.165, 1.54) is 11.6 Å². The van der Waals surface area contributed by atoms with Crippen LogP contribution in [0.5, 0.6) is 0 Å². The minimum Gasteiger partial charge on any atom is -0.356 e. The molecule has 1 spiro atoms. The third-order valence-corrected chi connectivity index (χ3v) is 6.35. The molecule has 2 heterocycles. The third kappa shape index (κ3) is 3.96. The van der Waals surface area contributed by atoms with Crippen molar-refractivity contribution in [1.29, 1.82) is 0 Å². The first-order chi connectivity index (χ1) is 13.6. The molecule has 2 aliphatic rings. The van der Waals surface area contributed by atoms with E-state index in [9.17, 15) is 9.18 Å². The molecule has 2 aliphatic heterocycles. The normalized spacial score (nSPS) is 24.1. The summed E-state index contributed by atoms with van der Waals surface area (Å²) in [5.74, 6) is -0.0149. The molecule has 0 aromatic heterocycles. The topological polar surface area (TPSA) is 35.6 Å². The fourth-order valence-corrected chi connectivity index (χ4v) is 4.56. The number of piperazine rings is 1. The minimum absolute atomic E-state index is 0.0739. The summed E-state index contributed by atoms with van der Waals surface area (Å²) in [6.07, 6.45) is 2.52. The lowest BCUT2D eigenvalue weighted by atomic mass is 9.86. The molecule has 2 aromatic carbocycles. The molecule has 2 saturated heterocycles. The Bertz CT molecular complexity index is 838. The average molecular weight is 381 g/mol. The molecule has 1 amide bonds. The fourth-order valence-electron chi connectivity index (χ4n) is 4.56. The van der Waals surface area contributed by atoms with Crippen molar-refractivity contribution < 1.29 is 9.18 Å². The highest BCUT2D eigenvalue weighted by Gasteiger charge is 2.40. The quantitative estimate of drug-likeness (QED) is 0.886. The maximum atomic E-state index is 14.0. The first kappa shape index (κ1) is 19.1. The monoisotopic (exact) mass is 381 g/mol. The summed E-state index contributed by atoms with van der Waals surface area (Å²) in [7, 11) is 2.19. The number of carbonyl (C=O) groups excluding carboxylic acids is 1. The average Bonchev–Trinajstić information content (AvgIpc) is 2.88. The van der Waals surface area contributed by atoms with Gasteiger partial charge in [0.25, 0.3) is 0 Å². The lowest BCUT2D eigenvalue weighted by molar-refractivity contribution is -0.121. The largest absolute Gasteiger partial charge is 0.356 e. The van der Waals surface area contributed by atoms with Crippen LogP contribution in [0.2, 0.25) is 0 Å². The van der Waals surface area contributed by atoms with Gasteiger partial charge in [0.15, 0.2) is 0 Å². The highest BCUT2D eigenvalue weighted by atomic mass is 19.1. The summed E-state index contributed by atoms with van der Waals surface area (Å²) in [5, 5.41) is 3.01. The second-order valence-electron chi connectivity index (χ2n) is 8.13. The number of nitrogens with zero attached hydrogens (tertiary/aromatic N) is 2. The lowest BCUT2D eigenvalue weighted by Gasteiger charge is -2.49. The van der Waals surface area contributed by atoms with Gasteiger partial charge in [-0.05, 0) is 37.1 Å². The summed E-state index contributed by atoms with van der Waals surface area (Å²) < 4.78 is 14.0. The van der Waals surface area contributed by atoms with Gasteiger partial charge in [-0.15, -0.1) is 0 Å². The number of rotatable bonds is 3. The Morgan fingerprint density at radius 2 is 1.86 bits per heavy atom. The maximum absolute atomic E-state index is 14.0. The van der Waals surface area contributed by atoms with Crippen LogP contribution in [-0.4, -0.2) is 54.5 Å². The van der Waals surface area contributed by atoms with Crippen LogP contribution in [-0.2, 0) is 11.3 Å². The van der Waals surface area contributed by atoms with Crippen molar-refractivity contribution in [2.75, 3.05) is 33.2 Å². The summed E-state index contributed by atoms with van der Waals surface area (Å²) in [4.78, 5) is 16.7. The molecular weight excluding hydrogens is 353 g/mol. The predicted molar refractivity (Wildman–Crippen MR) is 109 cm³/mol. The van der Waals surface area contributed by atoms with Gasteiger partial charge >= 0.3 is 0 Å². The van der Waals surface area contributed by atoms with E-state index >= 15 is 0 Å². The first-order valence-electron chi connectivity index (χ1n) is 10.1. The van der Waals surface area contributed by atoms with Crippen LogP contribution in [0, 0.1) is 5.82 Å². The Balaban J connectivity index is 1.45. The zero-order valence-electron chi connectivity index (χ0n) is 16.5. The van der Waals surface area contributed by atoms with Crippen LogP contribution < -0.4 is 5.32 Å². The Hall–Kier alpha value is -2.24. The Kier molecular flexibility index (Phi) is 5.47. The zero-order chi connectivity index (χ0) is 19.6. The predicted octanol–water partition coefficient (Wildman–Crippen LogP) is 3.28. The molecule has 5 heteroatoms. The number of halogens is 1. The zero-order valence-corrected chi connectivity index (χ0v) is 16.5. The van der Waals surface area contributed by atoms with E-state index in [4.69, 9.17) is 0 Å². The molecule has 1 atom stereocenters. The Morgan fingerprint density at radius 1 is 1.07 bits per heavy atom. The fraction of sp³-hybridized carbons (Fsp3) is 0.435. The van der Waals surface area contributed by atoms with Crippen LogP contribution >= 0.6 is 0 Å². The van der Waals surface area contributed by atoms with Crippen molar-refractivity contribution in [1.82, 2.24) is 15.1 Å². The Morgan fingerprint density at radius 3 is 2.64 bits per heavy atom. The van der Waals surface area contributed by atoms with Crippen LogP contribution in [0.4, 0.5) is 4.39 Å². The number of benzene rings is 2. The van der Waals surface area contributed by atoms with Gasteiger partial charge in [-0.2, -0.15) is 0 Å². The number of carbonyl (C=O) groups is 1. The lowest BCUT2D eigenvalue weighted by Crippen LogP contribution is -2.60. The van der Waals surface area contributed by atoms with Crippen LogP contribution in [0.3, 0.4) is 0 Å². The summed E-state index contributed by atoms with van der Waals surface area (Å²) in [5.41, 5.74) is 2.86. The van der Waals surface area contributed by atoms with Crippen molar-refractivity contribution in [3.05, 3.63) is 59.9 Å². The third-order valence-electron chi connectivity index (χ3n) is 6.35. The molecule has 0 unspecified atom stereocenters. The molecule has 0 radical (unpaired) electrons. The van der Waals surface area contributed by atoms with E-state index in [-0.39, 0.29) is 17.3 Å². The van der Waals surface area contributed by atoms with Gasteiger partial charge in [-0.25, -0.2) is 4.39 Å². The standard InChI is InChI=1S/C23H28FN3O/c1-26-14-15-27(17-23(26)11-10-22(28)25-13-12-23)16-18-6-8-19(9-7-18)20-4-2-3-5-21(20)24/h2-9H,10-17H2,1H3,(H,25,28)/t23-/m0/s1. The maximum Gasteiger partial charge on any atom is 0.220 e. The van der Waals surface area contributed by atoms with Crippen molar-refractivity contribution in [3.63, 3.8) is 0 Å². The number of likely N-dealkylation sites (N-methyl/N-ethyl adjacent to an activating group) is 1. The summed E-state index contributed by atoms with van der Waals surface area (Å²) in [6, 6.07) is 15.1. The number of hydrogen-bond acceptors (Lipinski definition) is 3. The van der Waals surface area contributed by atoms with Crippen molar-refractivity contribution in [2.24, 2.45) is 0 Å². The first-order valence-corrected chi connectivity index (χ1v) is 10.1. The van der Waals surface area contributed by atoms with Gasteiger partial charge in [0.05, 0.1) is 0 Å². The smallest absolute Gasteiger partial charge is 0.220 e.